The third kappa shape index (κ3) is 3.03. The van der Waals surface area contributed by atoms with Gasteiger partial charge < -0.3 is 10.5 Å². The van der Waals surface area contributed by atoms with Gasteiger partial charge in [-0.3, -0.25) is 0 Å². The summed E-state index contributed by atoms with van der Waals surface area (Å²) in [5, 5.41) is 0. The molecule has 2 rings (SSSR count). The zero-order valence-corrected chi connectivity index (χ0v) is 12.8. The molecule has 1 saturated heterocycles. The van der Waals surface area contributed by atoms with E-state index in [9.17, 15) is 8.42 Å². The Bertz CT molecular complexity index is 572. The molecule has 1 unspecified atom stereocenters. The predicted octanol–water partition coefficient (Wildman–Crippen LogP) is 1.11. The van der Waals surface area contributed by atoms with Crippen molar-refractivity contribution in [2.75, 3.05) is 26.8 Å². The van der Waals surface area contributed by atoms with Gasteiger partial charge in [0.05, 0.1) is 11.5 Å². The van der Waals surface area contributed by atoms with E-state index in [1.165, 1.54) is 0 Å². The summed E-state index contributed by atoms with van der Waals surface area (Å²) in [6, 6.07) is 5.15. The third-order valence-corrected chi connectivity index (χ3v) is 5.68. The Hall–Kier alpha value is -0.950. The molecule has 112 valence electrons. The Labute approximate surface area is 120 Å². The van der Waals surface area contributed by atoms with E-state index < -0.39 is 10.0 Å². The molecule has 0 aromatic heterocycles. The summed E-state index contributed by atoms with van der Waals surface area (Å²) in [6.45, 7) is 4.02. The first kappa shape index (κ1) is 15.4. The Kier molecular flexibility index (Phi) is 4.80. The van der Waals surface area contributed by atoms with E-state index in [4.69, 9.17) is 10.5 Å². The maximum Gasteiger partial charge on any atom is 0.243 e. The fraction of sp³-hybridized carbons (Fsp3) is 0.571. The third-order valence-electron chi connectivity index (χ3n) is 3.82. The second kappa shape index (κ2) is 6.22. The second-order valence-electron chi connectivity index (χ2n) is 5.27. The molecule has 1 fully saturated rings. The minimum absolute atomic E-state index is 0.291. The van der Waals surface area contributed by atoms with Crippen molar-refractivity contribution < 1.29 is 13.2 Å². The van der Waals surface area contributed by atoms with Crippen molar-refractivity contribution in [3.8, 4) is 0 Å². The van der Waals surface area contributed by atoms with Crippen LogP contribution >= 0.6 is 0 Å². The summed E-state index contributed by atoms with van der Waals surface area (Å²) in [5.74, 6) is 0.291. The van der Waals surface area contributed by atoms with Gasteiger partial charge in [-0.1, -0.05) is 6.07 Å². The molecule has 0 aliphatic carbocycles. The number of rotatable bonds is 5. The van der Waals surface area contributed by atoms with E-state index in [0.717, 1.165) is 17.5 Å². The number of aryl methyl sites for hydroxylation is 1. The van der Waals surface area contributed by atoms with Crippen LogP contribution in [-0.4, -0.2) is 39.5 Å². The quantitative estimate of drug-likeness (QED) is 0.884. The van der Waals surface area contributed by atoms with Crippen LogP contribution in [0.5, 0.6) is 0 Å². The molecule has 1 aliphatic heterocycles. The average molecular weight is 298 g/mol. The highest BCUT2D eigenvalue weighted by molar-refractivity contribution is 7.89. The highest BCUT2D eigenvalue weighted by Gasteiger charge is 2.32. The molecular weight excluding hydrogens is 276 g/mol. The Balaban J connectivity index is 2.21. The van der Waals surface area contributed by atoms with Crippen LogP contribution in [0.4, 0.5) is 0 Å². The lowest BCUT2D eigenvalue weighted by molar-refractivity contribution is 0.157. The summed E-state index contributed by atoms with van der Waals surface area (Å²) in [7, 11) is -1.76. The Morgan fingerprint density at radius 2 is 2.20 bits per heavy atom. The molecule has 0 spiro atoms. The molecule has 1 aromatic carbocycles. The number of methoxy groups -OCH3 is 1. The van der Waals surface area contributed by atoms with Crippen LogP contribution in [0.15, 0.2) is 23.1 Å². The van der Waals surface area contributed by atoms with Crippen molar-refractivity contribution in [2.45, 2.75) is 24.8 Å². The first-order chi connectivity index (χ1) is 9.48. The van der Waals surface area contributed by atoms with E-state index in [1.54, 1.807) is 29.6 Å². The molecule has 0 saturated carbocycles. The first-order valence-corrected chi connectivity index (χ1v) is 8.21. The van der Waals surface area contributed by atoms with E-state index in [2.05, 4.69) is 0 Å². The number of hydrogen-bond acceptors (Lipinski definition) is 4. The van der Waals surface area contributed by atoms with Crippen molar-refractivity contribution in [1.82, 2.24) is 4.31 Å². The number of hydrogen-bond donors (Lipinski definition) is 1. The molecule has 6 heteroatoms. The van der Waals surface area contributed by atoms with Crippen LogP contribution in [0, 0.1) is 12.8 Å². The summed E-state index contributed by atoms with van der Waals surface area (Å²) < 4.78 is 31.8. The number of benzene rings is 1. The lowest BCUT2D eigenvalue weighted by atomic mass is 10.1. The number of nitrogens with zero attached hydrogens (tertiary/aromatic N) is 1. The largest absolute Gasteiger partial charge is 0.384 e. The van der Waals surface area contributed by atoms with E-state index in [0.29, 0.717) is 37.1 Å². The minimum atomic E-state index is -3.40. The van der Waals surface area contributed by atoms with Crippen LogP contribution in [0.3, 0.4) is 0 Å². The molecule has 0 radical (unpaired) electrons. The minimum Gasteiger partial charge on any atom is -0.384 e. The van der Waals surface area contributed by atoms with Crippen molar-refractivity contribution in [2.24, 2.45) is 11.7 Å². The summed E-state index contributed by atoms with van der Waals surface area (Å²) in [5.41, 5.74) is 7.50. The molecule has 1 aromatic rings. The van der Waals surface area contributed by atoms with Gasteiger partial charge in [0.1, 0.15) is 0 Å². The Morgan fingerprint density at radius 1 is 1.45 bits per heavy atom. The van der Waals surface area contributed by atoms with Gasteiger partial charge in [0.25, 0.3) is 0 Å². The van der Waals surface area contributed by atoms with Crippen LogP contribution in [0.2, 0.25) is 0 Å². The van der Waals surface area contributed by atoms with Gasteiger partial charge >= 0.3 is 0 Å². The van der Waals surface area contributed by atoms with Crippen LogP contribution < -0.4 is 5.73 Å². The van der Waals surface area contributed by atoms with Crippen LogP contribution in [0.1, 0.15) is 17.5 Å². The summed E-state index contributed by atoms with van der Waals surface area (Å²) >= 11 is 0. The maximum atomic E-state index is 12.6. The molecule has 2 N–H and O–H groups in total. The van der Waals surface area contributed by atoms with Gasteiger partial charge in [0.15, 0.2) is 0 Å². The molecule has 5 nitrogen and oxygen atoms in total. The van der Waals surface area contributed by atoms with Crippen molar-refractivity contribution in [3.63, 3.8) is 0 Å². The molecule has 1 atom stereocenters. The van der Waals surface area contributed by atoms with Gasteiger partial charge in [-0.05, 0) is 42.5 Å². The van der Waals surface area contributed by atoms with Crippen LogP contribution in [0.25, 0.3) is 0 Å². The van der Waals surface area contributed by atoms with Gasteiger partial charge in [-0.15, -0.1) is 0 Å². The summed E-state index contributed by atoms with van der Waals surface area (Å²) in [6.07, 6.45) is 0.854. The van der Waals surface area contributed by atoms with E-state index in [1.807, 2.05) is 6.92 Å². The number of sulfonamides is 1. The maximum absolute atomic E-state index is 12.6. The lowest BCUT2D eigenvalue weighted by Crippen LogP contribution is -2.29. The standard InChI is InChI=1S/C14H22N2O3S/c1-11-7-14(4-3-13(11)8-15)20(17,18)16-6-5-12(9-16)10-19-2/h3-4,7,12H,5-6,8-10,15H2,1-2H3. The lowest BCUT2D eigenvalue weighted by Gasteiger charge is -2.17. The SMILES string of the molecule is COCC1CCN(S(=O)(=O)c2ccc(CN)c(C)c2)C1. The predicted molar refractivity (Wildman–Crippen MR) is 77.8 cm³/mol. The summed E-state index contributed by atoms with van der Waals surface area (Å²) in [4.78, 5) is 0.352. The van der Waals surface area contributed by atoms with Gasteiger partial charge in [0.2, 0.25) is 10.0 Å². The van der Waals surface area contributed by atoms with Gasteiger partial charge in [0, 0.05) is 26.7 Å². The molecule has 1 aliphatic rings. The van der Waals surface area contributed by atoms with Gasteiger partial charge in [-0.25, -0.2) is 8.42 Å². The Morgan fingerprint density at radius 3 is 2.80 bits per heavy atom. The molecular formula is C14H22N2O3S. The number of nitrogens with two attached hydrogens (primary N) is 1. The van der Waals surface area contributed by atoms with Crippen molar-refractivity contribution in [3.05, 3.63) is 29.3 Å². The monoisotopic (exact) mass is 298 g/mol. The molecule has 1 heterocycles. The topological polar surface area (TPSA) is 72.6 Å². The normalized spacial score (nSPS) is 20.4. The number of ether oxygens (including phenoxy) is 1. The van der Waals surface area contributed by atoms with Crippen molar-refractivity contribution in [1.29, 1.82) is 0 Å². The van der Waals surface area contributed by atoms with Crippen LogP contribution in [-0.2, 0) is 21.3 Å². The fourth-order valence-electron chi connectivity index (χ4n) is 2.59. The fourth-order valence-corrected chi connectivity index (χ4v) is 4.21. The second-order valence-corrected chi connectivity index (χ2v) is 7.20. The molecule has 0 bridgehead atoms. The molecule has 20 heavy (non-hydrogen) atoms. The van der Waals surface area contributed by atoms with E-state index >= 15 is 0 Å². The average Bonchev–Trinajstić information content (AvgIpc) is 2.88. The zero-order chi connectivity index (χ0) is 14.8. The smallest absolute Gasteiger partial charge is 0.243 e. The highest BCUT2D eigenvalue weighted by atomic mass is 32.2. The molecule has 0 amide bonds. The van der Waals surface area contributed by atoms with E-state index in [-0.39, 0.29) is 0 Å². The highest BCUT2D eigenvalue weighted by Crippen LogP contribution is 2.25. The van der Waals surface area contributed by atoms with Crippen molar-refractivity contribution >= 4 is 10.0 Å². The first-order valence-electron chi connectivity index (χ1n) is 6.77. The zero-order valence-electron chi connectivity index (χ0n) is 12.0. The van der Waals surface area contributed by atoms with Gasteiger partial charge in [-0.2, -0.15) is 4.31 Å².